The van der Waals surface area contributed by atoms with Crippen LogP contribution in [0.15, 0.2) is 42.5 Å². The fourth-order valence-corrected chi connectivity index (χ4v) is 3.29. The SMILES string of the molecule is Cc1cc(C)cc(-c2ccc(CNCC3CNCC3O)cc2)c1. The number of rotatable bonds is 5. The summed E-state index contributed by atoms with van der Waals surface area (Å²) >= 11 is 0. The van der Waals surface area contributed by atoms with E-state index in [9.17, 15) is 5.11 Å². The van der Waals surface area contributed by atoms with Crippen LogP contribution in [-0.4, -0.2) is 30.8 Å². The summed E-state index contributed by atoms with van der Waals surface area (Å²) in [5, 5.41) is 16.5. The molecule has 2 aromatic carbocycles. The van der Waals surface area contributed by atoms with E-state index in [4.69, 9.17) is 0 Å². The van der Waals surface area contributed by atoms with Gasteiger partial charge in [0, 0.05) is 32.1 Å². The molecule has 1 heterocycles. The first kappa shape index (κ1) is 16.2. The molecule has 3 rings (SSSR count). The summed E-state index contributed by atoms with van der Waals surface area (Å²) in [5.74, 6) is 0.324. The maximum Gasteiger partial charge on any atom is 0.0716 e. The van der Waals surface area contributed by atoms with Crippen LogP contribution in [0.3, 0.4) is 0 Å². The van der Waals surface area contributed by atoms with E-state index in [1.54, 1.807) is 0 Å². The third-order valence-electron chi connectivity index (χ3n) is 4.55. The standard InChI is InChI=1S/C20H26N2O/c1-14-7-15(2)9-18(8-14)17-5-3-16(4-6-17)10-21-11-19-12-22-13-20(19)23/h3-9,19-23H,10-13H2,1-2H3. The molecule has 0 radical (unpaired) electrons. The number of aryl methyl sites for hydroxylation is 2. The summed E-state index contributed by atoms with van der Waals surface area (Å²) in [7, 11) is 0. The van der Waals surface area contributed by atoms with E-state index in [1.807, 2.05) is 0 Å². The monoisotopic (exact) mass is 310 g/mol. The van der Waals surface area contributed by atoms with Gasteiger partial charge >= 0.3 is 0 Å². The Hall–Kier alpha value is -1.68. The van der Waals surface area contributed by atoms with Crippen LogP contribution in [0.5, 0.6) is 0 Å². The van der Waals surface area contributed by atoms with Crippen molar-refractivity contribution in [1.82, 2.24) is 10.6 Å². The van der Waals surface area contributed by atoms with E-state index in [0.29, 0.717) is 5.92 Å². The van der Waals surface area contributed by atoms with Crippen LogP contribution >= 0.6 is 0 Å². The average molecular weight is 310 g/mol. The molecule has 0 bridgehead atoms. The van der Waals surface area contributed by atoms with Gasteiger partial charge in [-0.2, -0.15) is 0 Å². The third kappa shape index (κ3) is 4.20. The van der Waals surface area contributed by atoms with Gasteiger partial charge in [0.15, 0.2) is 0 Å². The smallest absolute Gasteiger partial charge is 0.0716 e. The van der Waals surface area contributed by atoms with E-state index >= 15 is 0 Å². The molecule has 0 aliphatic carbocycles. The zero-order chi connectivity index (χ0) is 16.2. The normalized spacial score (nSPS) is 20.8. The summed E-state index contributed by atoms with van der Waals surface area (Å²) in [6.07, 6.45) is -0.213. The highest BCUT2D eigenvalue weighted by Crippen LogP contribution is 2.22. The number of nitrogens with one attached hydrogen (secondary N) is 2. The van der Waals surface area contributed by atoms with Crippen LogP contribution in [0.25, 0.3) is 11.1 Å². The molecule has 1 fully saturated rings. The predicted octanol–water partition coefficient (Wildman–Crippen LogP) is 2.64. The van der Waals surface area contributed by atoms with E-state index < -0.39 is 0 Å². The zero-order valence-electron chi connectivity index (χ0n) is 14.0. The van der Waals surface area contributed by atoms with Gasteiger partial charge in [0.2, 0.25) is 0 Å². The molecule has 2 unspecified atom stereocenters. The van der Waals surface area contributed by atoms with Gasteiger partial charge in [-0.25, -0.2) is 0 Å². The molecular weight excluding hydrogens is 284 g/mol. The van der Waals surface area contributed by atoms with Crippen molar-refractivity contribution in [2.45, 2.75) is 26.5 Å². The Morgan fingerprint density at radius 3 is 2.30 bits per heavy atom. The van der Waals surface area contributed by atoms with Gasteiger partial charge in [-0.3, -0.25) is 0 Å². The minimum Gasteiger partial charge on any atom is -0.391 e. The van der Waals surface area contributed by atoms with Gasteiger partial charge in [-0.15, -0.1) is 0 Å². The van der Waals surface area contributed by atoms with Crippen LogP contribution in [0.2, 0.25) is 0 Å². The molecule has 0 aromatic heterocycles. The lowest BCUT2D eigenvalue weighted by atomic mass is 10.00. The first-order valence-corrected chi connectivity index (χ1v) is 8.39. The lowest BCUT2D eigenvalue weighted by Crippen LogP contribution is -2.30. The maximum absolute atomic E-state index is 9.79. The fourth-order valence-electron chi connectivity index (χ4n) is 3.29. The summed E-state index contributed by atoms with van der Waals surface area (Å²) in [6.45, 7) is 7.60. The minimum atomic E-state index is -0.213. The van der Waals surface area contributed by atoms with Crippen molar-refractivity contribution in [3.63, 3.8) is 0 Å². The van der Waals surface area contributed by atoms with Gasteiger partial charge in [0.1, 0.15) is 0 Å². The molecule has 0 spiro atoms. The van der Waals surface area contributed by atoms with E-state index in [0.717, 1.165) is 26.2 Å². The maximum atomic E-state index is 9.79. The number of aliphatic hydroxyl groups excluding tert-OH is 1. The molecule has 1 saturated heterocycles. The molecular formula is C20H26N2O. The highest BCUT2D eigenvalue weighted by atomic mass is 16.3. The van der Waals surface area contributed by atoms with Crippen LogP contribution in [0.4, 0.5) is 0 Å². The second-order valence-corrected chi connectivity index (χ2v) is 6.69. The van der Waals surface area contributed by atoms with Crippen LogP contribution < -0.4 is 10.6 Å². The average Bonchev–Trinajstić information content (AvgIpc) is 2.92. The van der Waals surface area contributed by atoms with E-state index in [1.165, 1.54) is 27.8 Å². The molecule has 122 valence electrons. The van der Waals surface area contributed by atoms with Crippen LogP contribution in [0.1, 0.15) is 16.7 Å². The van der Waals surface area contributed by atoms with Gasteiger partial charge in [-0.1, -0.05) is 53.6 Å². The van der Waals surface area contributed by atoms with Crippen molar-refractivity contribution in [1.29, 1.82) is 0 Å². The second-order valence-electron chi connectivity index (χ2n) is 6.69. The molecule has 0 amide bonds. The molecule has 3 nitrogen and oxygen atoms in total. The summed E-state index contributed by atoms with van der Waals surface area (Å²) in [5.41, 5.74) is 6.42. The topological polar surface area (TPSA) is 44.3 Å². The number of β-amino-alcohol motifs (C(OH)–C–C–N with tert-alkyl or cyclic N) is 1. The van der Waals surface area contributed by atoms with Gasteiger partial charge in [-0.05, 0) is 30.5 Å². The Balaban J connectivity index is 1.58. The minimum absolute atomic E-state index is 0.213. The Morgan fingerprint density at radius 1 is 1.00 bits per heavy atom. The number of hydrogen-bond acceptors (Lipinski definition) is 3. The quantitative estimate of drug-likeness (QED) is 0.795. The van der Waals surface area contributed by atoms with Crippen molar-refractivity contribution in [3.05, 3.63) is 59.2 Å². The lowest BCUT2D eigenvalue weighted by molar-refractivity contribution is 0.146. The van der Waals surface area contributed by atoms with Gasteiger partial charge < -0.3 is 15.7 Å². The first-order chi connectivity index (χ1) is 11.1. The molecule has 2 aromatic rings. The zero-order valence-corrected chi connectivity index (χ0v) is 14.0. The van der Waals surface area contributed by atoms with E-state index in [-0.39, 0.29) is 6.10 Å². The Bertz CT molecular complexity index is 631. The number of hydrogen-bond donors (Lipinski definition) is 3. The molecule has 2 atom stereocenters. The molecule has 0 saturated carbocycles. The Morgan fingerprint density at radius 2 is 1.70 bits per heavy atom. The molecule has 3 heteroatoms. The summed E-state index contributed by atoms with van der Waals surface area (Å²) in [4.78, 5) is 0. The summed E-state index contributed by atoms with van der Waals surface area (Å²) in [6, 6.07) is 15.4. The molecule has 3 N–H and O–H groups in total. The number of aliphatic hydroxyl groups is 1. The van der Waals surface area contributed by atoms with Crippen LogP contribution in [-0.2, 0) is 6.54 Å². The van der Waals surface area contributed by atoms with Crippen LogP contribution in [0, 0.1) is 19.8 Å². The predicted molar refractivity (Wildman–Crippen MR) is 95.4 cm³/mol. The Kier molecular flexibility index (Phi) is 5.11. The fraction of sp³-hybridized carbons (Fsp3) is 0.400. The summed E-state index contributed by atoms with van der Waals surface area (Å²) < 4.78 is 0. The van der Waals surface area contributed by atoms with Crippen molar-refractivity contribution >= 4 is 0 Å². The lowest BCUT2D eigenvalue weighted by Gasteiger charge is -2.14. The van der Waals surface area contributed by atoms with Crippen molar-refractivity contribution in [3.8, 4) is 11.1 Å². The van der Waals surface area contributed by atoms with Gasteiger partial charge in [0.25, 0.3) is 0 Å². The molecule has 1 aliphatic rings. The van der Waals surface area contributed by atoms with Crippen molar-refractivity contribution < 1.29 is 5.11 Å². The van der Waals surface area contributed by atoms with E-state index in [2.05, 4.69) is 66.9 Å². The van der Waals surface area contributed by atoms with Crippen molar-refractivity contribution in [2.24, 2.45) is 5.92 Å². The Labute approximate surface area is 138 Å². The number of benzene rings is 2. The molecule has 23 heavy (non-hydrogen) atoms. The molecule has 1 aliphatic heterocycles. The largest absolute Gasteiger partial charge is 0.391 e. The third-order valence-corrected chi connectivity index (χ3v) is 4.55. The van der Waals surface area contributed by atoms with Gasteiger partial charge in [0.05, 0.1) is 6.10 Å². The highest BCUT2D eigenvalue weighted by molar-refractivity contribution is 5.65. The highest BCUT2D eigenvalue weighted by Gasteiger charge is 2.23. The van der Waals surface area contributed by atoms with Crippen molar-refractivity contribution in [2.75, 3.05) is 19.6 Å². The second kappa shape index (κ2) is 7.26. The first-order valence-electron chi connectivity index (χ1n) is 8.39.